The molecule has 6 heteroatoms. The van der Waals surface area contributed by atoms with E-state index in [-0.39, 0.29) is 17.4 Å². The summed E-state index contributed by atoms with van der Waals surface area (Å²) in [5.74, 6) is 0.0593. The Hall–Kier alpha value is -1.92. The average Bonchev–Trinajstić information content (AvgIpc) is 2.99. The summed E-state index contributed by atoms with van der Waals surface area (Å²) in [5, 5.41) is 0. The van der Waals surface area contributed by atoms with E-state index in [1.165, 1.54) is 0 Å². The molecule has 4 rings (SSSR count). The van der Waals surface area contributed by atoms with E-state index >= 15 is 0 Å². The van der Waals surface area contributed by atoms with Crippen molar-refractivity contribution in [3.8, 4) is 0 Å². The number of carbonyl (C=O) groups excluding carboxylic acids is 1. The van der Waals surface area contributed by atoms with Gasteiger partial charge in [-0.15, -0.1) is 0 Å². The molecule has 0 N–H and O–H groups in total. The average molecular weight is 315 g/mol. The number of fused-ring (bicyclic) bond motifs is 1. The van der Waals surface area contributed by atoms with Crippen LogP contribution in [0.3, 0.4) is 0 Å². The first-order chi connectivity index (χ1) is 11.2. The van der Waals surface area contributed by atoms with Gasteiger partial charge in [-0.1, -0.05) is 12.1 Å². The van der Waals surface area contributed by atoms with Crippen LogP contribution in [-0.4, -0.2) is 66.1 Å². The van der Waals surface area contributed by atoms with E-state index in [2.05, 4.69) is 16.9 Å². The first-order valence-corrected chi connectivity index (χ1v) is 8.13. The minimum Gasteiger partial charge on any atom is -0.432 e. The molecular weight excluding hydrogens is 294 g/mol. The van der Waals surface area contributed by atoms with Gasteiger partial charge in [0.15, 0.2) is 5.58 Å². The maximum atomic E-state index is 12.6. The molecule has 1 aromatic heterocycles. The predicted molar refractivity (Wildman–Crippen MR) is 85.3 cm³/mol. The van der Waals surface area contributed by atoms with Crippen molar-refractivity contribution < 1.29 is 13.9 Å². The second-order valence-corrected chi connectivity index (χ2v) is 6.55. The molecule has 3 heterocycles. The third kappa shape index (κ3) is 2.72. The lowest BCUT2D eigenvalue weighted by molar-refractivity contribution is -0.127. The van der Waals surface area contributed by atoms with Gasteiger partial charge in [-0.05, 0) is 32.0 Å². The van der Waals surface area contributed by atoms with Crippen LogP contribution in [0.2, 0.25) is 0 Å². The molecule has 0 aliphatic carbocycles. The van der Waals surface area contributed by atoms with E-state index in [1.54, 1.807) is 0 Å². The Morgan fingerprint density at radius 3 is 2.74 bits per heavy atom. The highest BCUT2D eigenvalue weighted by Crippen LogP contribution is 2.30. The highest BCUT2D eigenvalue weighted by molar-refractivity contribution is 5.92. The number of likely N-dealkylation sites (N-methyl/N-ethyl adjacent to an activating group) is 1. The zero-order chi connectivity index (χ0) is 15.9. The quantitative estimate of drug-likeness (QED) is 0.802. The summed E-state index contributed by atoms with van der Waals surface area (Å²) in [7, 11) is 2.13. The first kappa shape index (κ1) is 14.7. The van der Waals surface area contributed by atoms with Crippen LogP contribution in [0.15, 0.2) is 28.7 Å². The topological polar surface area (TPSA) is 58.8 Å². The Balaban J connectivity index is 1.46. The van der Waals surface area contributed by atoms with Crippen LogP contribution in [0, 0.1) is 0 Å². The second-order valence-electron chi connectivity index (χ2n) is 6.55. The summed E-state index contributed by atoms with van der Waals surface area (Å²) < 4.78 is 11.6. The van der Waals surface area contributed by atoms with Gasteiger partial charge >= 0.3 is 5.91 Å². The fourth-order valence-electron chi connectivity index (χ4n) is 3.55. The van der Waals surface area contributed by atoms with Crippen molar-refractivity contribution in [1.82, 2.24) is 14.8 Å². The number of hydrogen-bond acceptors (Lipinski definition) is 5. The van der Waals surface area contributed by atoms with Gasteiger partial charge in [-0.25, -0.2) is 4.98 Å². The Kier molecular flexibility index (Phi) is 3.58. The fourth-order valence-corrected chi connectivity index (χ4v) is 3.55. The molecule has 1 spiro atoms. The van der Waals surface area contributed by atoms with Gasteiger partial charge in [0.25, 0.3) is 5.89 Å². The molecule has 1 aromatic carbocycles. The zero-order valence-corrected chi connectivity index (χ0v) is 13.3. The lowest BCUT2D eigenvalue weighted by Gasteiger charge is -2.46. The molecule has 0 radical (unpaired) electrons. The maximum Gasteiger partial charge on any atom is 0.309 e. The highest BCUT2D eigenvalue weighted by atomic mass is 16.5. The third-order valence-corrected chi connectivity index (χ3v) is 4.88. The molecule has 2 saturated heterocycles. The summed E-state index contributed by atoms with van der Waals surface area (Å²) in [5.41, 5.74) is 1.29. The molecule has 0 bridgehead atoms. The Morgan fingerprint density at radius 2 is 2.00 bits per heavy atom. The highest BCUT2D eigenvalue weighted by Gasteiger charge is 2.40. The normalized spacial score (nSPS) is 21.9. The van der Waals surface area contributed by atoms with Crippen molar-refractivity contribution in [3.63, 3.8) is 0 Å². The SMILES string of the molecule is CN1CCOC2(CCN(C(=O)c3nc4ccccc4o3)CC2)C1. The number of oxazole rings is 1. The number of hydrogen-bond donors (Lipinski definition) is 0. The zero-order valence-electron chi connectivity index (χ0n) is 13.3. The summed E-state index contributed by atoms with van der Waals surface area (Å²) in [6, 6.07) is 7.45. The van der Waals surface area contributed by atoms with Gasteiger partial charge in [-0.2, -0.15) is 0 Å². The Labute approximate surface area is 135 Å². The summed E-state index contributed by atoms with van der Waals surface area (Å²) in [6.07, 6.45) is 1.73. The molecule has 0 unspecified atom stereocenters. The monoisotopic (exact) mass is 315 g/mol. The van der Waals surface area contributed by atoms with Crippen LogP contribution in [0.4, 0.5) is 0 Å². The number of para-hydroxylation sites is 2. The molecule has 2 fully saturated rings. The fraction of sp³-hybridized carbons (Fsp3) is 0.529. The molecule has 2 aliphatic heterocycles. The van der Waals surface area contributed by atoms with Gasteiger partial charge in [0.1, 0.15) is 5.52 Å². The number of nitrogens with zero attached hydrogens (tertiary/aromatic N) is 3. The molecule has 6 nitrogen and oxygen atoms in total. The van der Waals surface area contributed by atoms with Crippen LogP contribution in [0.1, 0.15) is 23.5 Å². The van der Waals surface area contributed by atoms with Crippen molar-refractivity contribution in [3.05, 3.63) is 30.2 Å². The number of piperidine rings is 1. The number of ether oxygens (including phenoxy) is 1. The number of aromatic nitrogens is 1. The van der Waals surface area contributed by atoms with Crippen molar-refractivity contribution in [2.24, 2.45) is 0 Å². The van der Waals surface area contributed by atoms with Gasteiger partial charge < -0.3 is 19.0 Å². The van der Waals surface area contributed by atoms with E-state index in [1.807, 2.05) is 29.2 Å². The van der Waals surface area contributed by atoms with Crippen LogP contribution in [-0.2, 0) is 4.74 Å². The third-order valence-electron chi connectivity index (χ3n) is 4.88. The number of amides is 1. The Morgan fingerprint density at radius 1 is 1.22 bits per heavy atom. The first-order valence-electron chi connectivity index (χ1n) is 8.13. The van der Waals surface area contributed by atoms with Gasteiger partial charge in [0, 0.05) is 26.2 Å². The number of likely N-dealkylation sites (tertiary alicyclic amines) is 1. The van der Waals surface area contributed by atoms with Crippen molar-refractivity contribution in [1.29, 1.82) is 0 Å². The molecule has 1 amide bonds. The molecule has 23 heavy (non-hydrogen) atoms. The van der Waals surface area contributed by atoms with Gasteiger partial charge in [0.2, 0.25) is 0 Å². The number of carbonyl (C=O) groups is 1. The summed E-state index contributed by atoms with van der Waals surface area (Å²) in [4.78, 5) is 21.1. The minimum atomic E-state index is -0.125. The smallest absolute Gasteiger partial charge is 0.309 e. The molecule has 0 saturated carbocycles. The maximum absolute atomic E-state index is 12.6. The summed E-state index contributed by atoms with van der Waals surface area (Å²) >= 11 is 0. The lowest BCUT2D eigenvalue weighted by Crippen LogP contribution is -2.56. The van der Waals surface area contributed by atoms with Crippen LogP contribution < -0.4 is 0 Å². The Bertz CT molecular complexity index is 686. The van der Waals surface area contributed by atoms with Crippen LogP contribution in [0.5, 0.6) is 0 Å². The second kappa shape index (κ2) is 5.62. The molecule has 2 aliphatic rings. The van der Waals surface area contributed by atoms with Crippen molar-refractivity contribution in [2.75, 3.05) is 39.8 Å². The number of benzene rings is 1. The standard InChI is InChI=1S/C17H21N3O3/c1-19-10-11-22-17(12-19)6-8-20(9-7-17)16(21)15-18-13-4-2-3-5-14(13)23-15/h2-5H,6-12H2,1H3. The van der Waals surface area contributed by atoms with E-state index < -0.39 is 0 Å². The van der Waals surface area contributed by atoms with Gasteiger partial charge in [-0.3, -0.25) is 4.79 Å². The molecule has 0 atom stereocenters. The van der Waals surface area contributed by atoms with Crippen molar-refractivity contribution >= 4 is 17.0 Å². The number of rotatable bonds is 1. The van der Waals surface area contributed by atoms with E-state index in [0.717, 1.165) is 38.1 Å². The molecule has 2 aromatic rings. The largest absolute Gasteiger partial charge is 0.432 e. The number of morpholine rings is 1. The molecular formula is C17H21N3O3. The summed E-state index contributed by atoms with van der Waals surface area (Å²) in [6.45, 7) is 4.07. The van der Waals surface area contributed by atoms with E-state index in [9.17, 15) is 4.79 Å². The van der Waals surface area contributed by atoms with E-state index in [0.29, 0.717) is 18.7 Å². The van der Waals surface area contributed by atoms with Crippen molar-refractivity contribution in [2.45, 2.75) is 18.4 Å². The predicted octanol–water partition coefficient (Wildman–Crippen LogP) is 1.76. The van der Waals surface area contributed by atoms with Gasteiger partial charge in [0.05, 0.1) is 12.2 Å². The van der Waals surface area contributed by atoms with E-state index in [4.69, 9.17) is 9.15 Å². The minimum absolute atomic E-state index is 0.0922. The van der Waals surface area contributed by atoms with Crippen LogP contribution >= 0.6 is 0 Å². The molecule has 122 valence electrons. The van der Waals surface area contributed by atoms with Crippen LogP contribution in [0.25, 0.3) is 11.1 Å². The lowest BCUT2D eigenvalue weighted by atomic mass is 9.89.